The van der Waals surface area contributed by atoms with Crippen molar-refractivity contribution in [1.82, 2.24) is 30.2 Å². The van der Waals surface area contributed by atoms with Gasteiger partial charge in [0.1, 0.15) is 23.8 Å². The van der Waals surface area contributed by atoms with Gasteiger partial charge in [-0.05, 0) is 55.9 Å². The maximum atomic E-state index is 13.4. The van der Waals surface area contributed by atoms with Gasteiger partial charge in [-0.3, -0.25) is 9.59 Å². The normalized spacial score (nSPS) is 19.1. The minimum absolute atomic E-state index is 0.0303. The van der Waals surface area contributed by atoms with Gasteiger partial charge in [-0.1, -0.05) is 12.1 Å². The van der Waals surface area contributed by atoms with Crippen LogP contribution in [0.4, 0.5) is 0 Å². The number of rotatable bonds is 6. The molecule has 0 spiro atoms. The number of hydrogen-bond donors (Lipinski definition) is 3. The third-order valence-electron chi connectivity index (χ3n) is 6.79. The fourth-order valence-electron chi connectivity index (χ4n) is 4.82. The summed E-state index contributed by atoms with van der Waals surface area (Å²) in [7, 11) is 0. The van der Waals surface area contributed by atoms with Crippen LogP contribution < -0.4 is 10.6 Å². The zero-order chi connectivity index (χ0) is 26.3. The predicted octanol–water partition coefficient (Wildman–Crippen LogP) is 2.58. The van der Waals surface area contributed by atoms with Crippen LogP contribution in [0.5, 0.6) is 0 Å². The molecule has 1 aliphatic carbocycles. The maximum Gasteiger partial charge on any atom is 0.335 e. The van der Waals surface area contributed by atoms with E-state index in [1.54, 1.807) is 19.1 Å². The van der Waals surface area contributed by atoms with Crippen molar-refractivity contribution >= 4 is 35.3 Å². The lowest BCUT2D eigenvalue weighted by Crippen LogP contribution is -2.39. The second kappa shape index (κ2) is 9.67. The number of nitrogens with zero attached hydrogens (tertiary/aromatic N) is 5. The van der Waals surface area contributed by atoms with Crippen LogP contribution in [0.2, 0.25) is 0 Å². The molecule has 37 heavy (non-hydrogen) atoms. The van der Waals surface area contributed by atoms with Crippen LogP contribution in [-0.2, 0) is 6.42 Å². The SMILES string of the molecule is Cc1c(C(=O)O)ccc2c1CC[C@@H]2NC(=O)c1cc(C(=O)NC(C)C2CC=C(C#N)S2)nc2ncnn12. The van der Waals surface area contributed by atoms with Gasteiger partial charge in [0.2, 0.25) is 0 Å². The average molecular weight is 518 g/mol. The second-order valence-corrected chi connectivity index (χ2v) is 10.3. The molecule has 2 aromatic heterocycles. The van der Waals surface area contributed by atoms with E-state index >= 15 is 0 Å². The molecular formula is C25H23N7O4S. The summed E-state index contributed by atoms with van der Waals surface area (Å²) in [4.78, 5) is 46.8. The molecule has 188 valence electrons. The Labute approximate surface area is 216 Å². The summed E-state index contributed by atoms with van der Waals surface area (Å²) in [5.41, 5.74) is 2.91. The zero-order valence-corrected chi connectivity index (χ0v) is 20.9. The fraction of sp³-hybridized carbons (Fsp3) is 0.320. The molecule has 1 aromatic carbocycles. The lowest BCUT2D eigenvalue weighted by Gasteiger charge is -2.20. The standard InChI is InChI=1S/C25H23N7O4S/c1-12-15-6-7-18(17(15)5-4-16(12)24(35)36)30-23(34)20-9-19(31-25-27-11-28-32(20)25)22(33)29-13(2)21-8-3-14(10-26)37-21/h3-5,9,11,13,18,21H,6-8H2,1-2H3,(H,29,33)(H,30,34)(H,35,36)/t13?,18-,21?/m0/s1. The number of aromatic carboxylic acids is 1. The van der Waals surface area contributed by atoms with Gasteiger partial charge in [-0.2, -0.15) is 19.9 Å². The van der Waals surface area contributed by atoms with E-state index in [0.29, 0.717) is 29.7 Å². The third kappa shape index (κ3) is 4.53. The zero-order valence-electron chi connectivity index (χ0n) is 20.1. The number of benzene rings is 1. The summed E-state index contributed by atoms with van der Waals surface area (Å²) in [6.45, 7) is 3.64. The molecule has 3 atom stereocenters. The van der Waals surface area contributed by atoms with Gasteiger partial charge < -0.3 is 15.7 Å². The number of fused-ring (bicyclic) bond motifs is 2. The van der Waals surface area contributed by atoms with Gasteiger partial charge in [0.15, 0.2) is 0 Å². The Morgan fingerprint density at radius 3 is 2.84 bits per heavy atom. The minimum atomic E-state index is -0.980. The van der Waals surface area contributed by atoms with Gasteiger partial charge in [-0.25, -0.2) is 9.78 Å². The number of nitriles is 1. The molecule has 2 unspecified atom stereocenters. The first-order valence-electron chi connectivity index (χ1n) is 11.7. The van der Waals surface area contributed by atoms with Gasteiger partial charge >= 0.3 is 5.97 Å². The summed E-state index contributed by atoms with van der Waals surface area (Å²) in [6.07, 6.45) is 5.06. The summed E-state index contributed by atoms with van der Waals surface area (Å²) >= 11 is 1.43. The summed E-state index contributed by atoms with van der Waals surface area (Å²) in [5, 5.41) is 28.5. The van der Waals surface area contributed by atoms with E-state index in [1.807, 2.05) is 13.0 Å². The molecule has 12 heteroatoms. The van der Waals surface area contributed by atoms with Crippen LogP contribution in [0.25, 0.3) is 5.78 Å². The number of hydrogen-bond acceptors (Lipinski definition) is 8. The second-order valence-electron chi connectivity index (χ2n) is 9.01. The summed E-state index contributed by atoms with van der Waals surface area (Å²) < 4.78 is 1.28. The first kappa shape index (κ1) is 24.5. The van der Waals surface area contributed by atoms with Crippen LogP contribution in [0.15, 0.2) is 35.5 Å². The monoisotopic (exact) mass is 517 g/mol. The minimum Gasteiger partial charge on any atom is -0.478 e. The highest BCUT2D eigenvalue weighted by molar-refractivity contribution is 8.04. The van der Waals surface area contributed by atoms with Crippen LogP contribution in [0, 0.1) is 18.3 Å². The lowest BCUT2D eigenvalue weighted by molar-refractivity contribution is 0.0695. The van der Waals surface area contributed by atoms with Crippen molar-refractivity contribution in [2.45, 2.75) is 50.4 Å². The van der Waals surface area contributed by atoms with Crippen LogP contribution >= 0.6 is 11.8 Å². The van der Waals surface area contributed by atoms with Crippen molar-refractivity contribution < 1.29 is 19.5 Å². The van der Waals surface area contributed by atoms with Gasteiger partial charge in [-0.15, -0.1) is 11.8 Å². The Bertz CT molecular complexity index is 1520. The third-order valence-corrected chi connectivity index (χ3v) is 8.20. The van der Waals surface area contributed by atoms with Gasteiger partial charge in [0.05, 0.1) is 16.5 Å². The molecule has 1 aliphatic heterocycles. The van der Waals surface area contributed by atoms with E-state index in [4.69, 9.17) is 5.26 Å². The number of carboxylic acids is 1. The van der Waals surface area contributed by atoms with Crippen molar-refractivity contribution in [3.05, 3.63) is 69.1 Å². The van der Waals surface area contributed by atoms with E-state index in [1.165, 1.54) is 28.7 Å². The number of aromatic nitrogens is 4. The quantitative estimate of drug-likeness (QED) is 0.446. The van der Waals surface area contributed by atoms with Gasteiger partial charge in [0, 0.05) is 17.4 Å². The largest absolute Gasteiger partial charge is 0.478 e. The topological polar surface area (TPSA) is 162 Å². The number of carbonyl (C=O) groups excluding carboxylic acids is 2. The van der Waals surface area contributed by atoms with E-state index in [2.05, 4.69) is 31.8 Å². The molecule has 11 nitrogen and oxygen atoms in total. The van der Waals surface area contributed by atoms with Crippen molar-refractivity contribution in [2.75, 3.05) is 0 Å². The van der Waals surface area contributed by atoms with Gasteiger partial charge in [0.25, 0.3) is 17.6 Å². The predicted molar refractivity (Wildman–Crippen MR) is 134 cm³/mol. The van der Waals surface area contributed by atoms with Crippen molar-refractivity contribution in [2.24, 2.45) is 0 Å². The highest BCUT2D eigenvalue weighted by Crippen LogP contribution is 2.35. The van der Waals surface area contributed by atoms with E-state index in [9.17, 15) is 19.5 Å². The molecular weight excluding hydrogens is 494 g/mol. The van der Waals surface area contributed by atoms with E-state index in [0.717, 1.165) is 11.1 Å². The smallest absolute Gasteiger partial charge is 0.335 e. The van der Waals surface area contributed by atoms with E-state index < -0.39 is 17.8 Å². The van der Waals surface area contributed by atoms with Crippen molar-refractivity contribution in [3.63, 3.8) is 0 Å². The van der Waals surface area contributed by atoms with Crippen molar-refractivity contribution in [3.8, 4) is 6.07 Å². The van der Waals surface area contributed by atoms with Crippen LogP contribution in [0.1, 0.15) is 73.8 Å². The Kier molecular flexibility index (Phi) is 6.39. The molecule has 0 fully saturated rings. The number of amides is 2. The number of allylic oxidation sites excluding steroid dienone is 2. The molecule has 3 N–H and O–H groups in total. The summed E-state index contributed by atoms with van der Waals surface area (Å²) in [5.74, 6) is -1.78. The lowest BCUT2D eigenvalue weighted by atomic mass is 9.98. The van der Waals surface area contributed by atoms with Crippen LogP contribution in [0.3, 0.4) is 0 Å². The van der Waals surface area contributed by atoms with Crippen molar-refractivity contribution in [1.29, 1.82) is 5.26 Å². The molecule has 2 amide bonds. The molecule has 3 aromatic rings. The summed E-state index contributed by atoms with van der Waals surface area (Å²) in [6, 6.07) is 6.27. The number of carboxylic acid groups (broad SMARTS) is 1. The Morgan fingerprint density at radius 2 is 2.11 bits per heavy atom. The highest BCUT2D eigenvalue weighted by atomic mass is 32.2. The van der Waals surface area contributed by atoms with Crippen LogP contribution in [-0.4, -0.2) is 53.8 Å². The average Bonchev–Trinajstić information content (AvgIpc) is 3.63. The molecule has 2 aliphatic rings. The number of nitrogens with one attached hydrogen (secondary N) is 2. The number of thioether (sulfide) groups is 1. The first-order chi connectivity index (χ1) is 17.8. The Morgan fingerprint density at radius 1 is 1.30 bits per heavy atom. The fourth-order valence-corrected chi connectivity index (χ4v) is 5.85. The molecule has 0 radical (unpaired) electrons. The Hall–Kier alpha value is -4.24. The maximum absolute atomic E-state index is 13.4. The molecule has 0 bridgehead atoms. The van der Waals surface area contributed by atoms with E-state index in [-0.39, 0.29) is 40.1 Å². The first-order valence-corrected chi connectivity index (χ1v) is 12.6. The Balaban J connectivity index is 1.36. The number of carbonyl (C=O) groups is 3. The molecule has 3 heterocycles. The molecule has 5 rings (SSSR count). The molecule has 0 saturated heterocycles. The highest BCUT2D eigenvalue weighted by Gasteiger charge is 2.30. The molecule has 0 saturated carbocycles.